The summed E-state index contributed by atoms with van der Waals surface area (Å²) in [6, 6.07) is 14.9. The standard InChI is InChI=1S/C18H17ClN2O/c1-11(20)16-17(12-6-4-3-5-7-12)21(2)15-9-8-13(19)10-14(15)18(16)22/h3-11H,20H2,1-2H3. The summed E-state index contributed by atoms with van der Waals surface area (Å²) < 4.78 is 2.01. The molecule has 3 nitrogen and oxygen atoms in total. The van der Waals surface area contributed by atoms with Gasteiger partial charge in [0.15, 0.2) is 5.43 Å². The molecular weight excluding hydrogens is 296 g/mol. The van der Waals surface area contributed by atoms with Crippen molar-refractivity contribution in [1.29, 1.82) is 0 Å². The molecule has 1 heterocycles. The van der Waals surface area contributed by atoms with Gasteiger partial charge in [-0.1, -0.05) is 41.9 Å². The van der Waals surface area contributed by atoms with Crippen molar-refractivity contribution >= 4 is 22.5 Å². The van der Waals surface area contributed by atoms with Crippen molar-refractivity contribution < 1.29 is 0 Å². The molecule has 0 saturated carbocycles. The molecule has 0 aliphatic rings. The van der Waals surface area contributed by atoms with Gasteiger partial charge in [-0.05, 0) is 30.7 Å². The second-order valence-electron chi connectivity index (χ2n) is 5.47. The highest BCUT2D eigenvalue weighted by molar-refractivity contribution is 6.31. The molecule has 1 unspecified atom stereocenters. The average molecular weight is 313 g/mol. The molecule has 0 spiro atoms. The van der Waals surface area contributed by atoms with Gasteiger partial charge in [-0.15, -0.1) is 0 Å². The van der Waals surface area contributed by atoms with Crippen LogP contribution < -0.4 is 11.2 Å². The predicted molar refractivity (Wildman–Crippen MR) is 92.2 cm³/mol. The van der Waals surface area contributed by atoms with Gasteiger partial charge in [-0.2, -0.15) is 0 Å². The normalized spacial score (nSPS) is 12.5. The number of rotatable bonds is 2. The molecule has 1 atom stereocenters. The van der Waals surface area contributed by atoms with Crippen LogP contribution in [0.25, 0.3) is 22.2 Å². The lowest BCUT2D eigenvalue weighted by atomic mass is 9.97. The van der Waals surface area contributed by atoms with E-state index in [9.17, 15) is 4.79 Å². The van der Waals surface area contributed by atoms with Gasteiger partial charge < -0.3 is 10.3 Å². The minimum atomic E-state index is -0.364. The topological polar surface area (TPSA) is 48.0 Å². The number of benzene rings is 2. The minimum Gasteiger partial charge on any atom is -0.343 e. The lowest BCUT2D eigenvalue weighted by molar-refractivity contribution is 0.793. The number of aromatic nitrogens is 1. The Balaban J connectivity index is 2.51. The van der Waals surface area contributed by atoms with E-state index in [1.165, 1.54) is 0 Å². The van der Waals surface area contributed by atoms with Gasteiger partial charge in [0.05, 0.1) is 11.2 Å². The van der Waals surface area contributed by atoms with Crippen LogP contribution in [0.15, 0.2) is 53.3 Å². The minimum absolute atomic E-state index is 0.0514. The third-order valence-electron chi connectivity index (χ3n) is 3.90. The first-order valence-corrected chi connectivity index (χ1v) is 7.51. The Morgan fingerprint density at radius 2 is 1.82 bits per heavy atom. The molecule has 0 aliphatic carbocycles. The molecule has 0 fully saturated rings. The molecule has 0 amide bonds. The van der Waals surface area contributed by atoms with E-state index in [0.29, 0.717) is 16.0 Å². The van der Waals surface area contributed by atoms with Gasteiger partial charge in [-0.25, -0.2) is 0 Å². The lowest BCUT2D eigenvalue weighted by Gasteiger charge is -2.19. The van der Waals surface area contributed by atoms with Gasteiger partial charge in [0.1, 0.15) is 0 Å². The monoisotopic (exact) mass is 312 g/mol. The van der Waals surface area contributed by atoms with Crippen molar-refractivity contribution in [3.63, 3.8) is 0 Å². The van der Waals surface area contributed by atoms with E-state index < -0.39 is 0 Å². The number of hydrogen-bond donors (Lipinski definition) is 1. The highest BCUT2D eigenvalue weighted by atomic mass is 35.5. The molecule has 0 bridgehead atoms. The molecule has 0 aliphatic heterocycles. The summed E-state index contributed by atoms with van der Waals surface area (Å²) in [7, 11) is 1.95. The van der Waals surface area contributed by atoms with Crippen LogP contribution in [0.5, 0.6) is 0 Å². The fourth-order valence-electron chi connectivity index (χ4n) is 2.90. The van der Waals surface area contributed by atoms with E-state index in [1.807, 2.05) is 54.9 Å². The summed E-state index contributed by atoms with van der Waals surface area (Å²) >= 11 is 6.05. The van der Waals surface area contributed by atoms with Crippen LogP contribution in [0, 0.1) is 0 Å². The molecule has 3 aromatic rings. The molecule has 0 saturated heterocycles. The fourth-order valence-corrected chi connectivity index (χ4v) is 3.08. The first kappa shape index (κ1) is 14.8. The summed E-state index contributed by atoms with van der Waals surface area (Å²) in [6.45, 7) is 1.83. The maximum absolute atomic E-state index is 12.9. The third-order valence-corrected chi connectivity index (χ3v) is 4.14. The Morgan fingerprint density at radius 3 is 2.45 bits per heavy atom. The highest BCUT2D eigenvalue weighted by Crippen LogP contribution is 2.29. The Bertz CT molecular complexity index is 898. The zero-order valence-electron chi connectivity index (χ0n) is 12.5. The van der Waals surface area contributed by atoms with Gasteiger partial charge in [0.25, 0.3) is 0 Å². The Hall–Kier alpha value is -2.10. The summed E-state index contributed by atoms with van der Waals surface area (Å²) in [5, 5.41) is 1.15. The van der Waals surface area contributed by atoms with E-state index in [2.05, 4.69) is 0 Å². The van der Waals surface area contributed by atoms with Crippen molar-refractivity contribution in [2.45, 2.75) is 13.0 Å². The maximum Gasteiger partial charge on any atom is 0.194 e. The van der Waals surface area contributed by atoms with Gasteiger partial charge in [0.2, 0.25) is 0 Å². The van der Waals surface area contributed by atoms with Crippen molar-refractivity contribution in [2.24, 2.45) is 12.8 Å². The molecular formula is C18H17ClN2O. The molecule has 2 N–H and O–H groups in total. The van der Waals surface area contributed by atoms with Gasteiger partial charge in [-0.3, -0.25) is 4.79 Å². The SMILES string of the molecule is CC(N)c1c(-c2ccccc2)n(C)c2ccc(Cl)cc2c1=O. The van der Waals surface area contributed by atoms with E-state index >= 15 is 0 Å². The van der Waals surface area contributed by atoms with Crippen LogP contribution in [-0.4, -0.2) is 4.57 Å². The summed E-state index contributed by atoms with van der Waals surface area (Å²) in [6.07, 6.45) is 0. The zero-order valence-corrected chi connectivity index (χ0v) is 13.3. The molecule has 0 radical (unpaired) electrons. The number of fused-ring (bicyclic) bond motifs is 1. The van der Waals surface area contributed by atoms with E-state index in [-0.39, 0.29) is 11.5 Å². The summed E-state index contributed by atoms with van der Waals surface area (Å²) in [5.41, 5.74) is 9.35. The maximum atomic E-state index is 12.9. The van der Waals surface area contributed by atoms with Gasteiger partial charge in [0, 0.05) is 29.1 Å². The predicted octanol–water partition coefficient (Wildman–Crippen LogP) is 3.88. The van der Waals surface area contributed by atoms with E-state index in [4.69, 9.17) is 17.3 Å². The van der Waals surface area contributed by atoms with Crippen molar-refractivity contribution in [2.75, 3.05) is 0 Å². The number of nitrogens with two attached hydrogens (primary N) is 1. The molecule has 2 aromatic carbocycles. The average Bonchev–Trinajstić information content (AvgIpc) is 2.51. The summed E-state index contributed by atoms with van der Waals surface area (Å²) in [4.78, 5) is 12.9. The van der Waals surface area contributed by atoms with Crippen LogP contribution in [0.3, 0.4) is 0 Å². The third kappa shape index (κ3) is 2.32. The zero-order chi connectivity index (χ0) is 15.9. The number of aryl methyl sites for hydroxylation is 1. The second-order valence-corrected chi connectivity index (χ2v) is 5.90. The van der Waals surface area contributed by atoms with Crippen LogP contribution in [0.1, 0.15) is 18.5 Å². The van der Waals surface area contributed by atoms with Gasteiger partial charge >= 0.3 is 0 Å². The van der Waals surface area contributed by atoms with E-state index in [1.54, 1.807) is 12.1 Å². The van der Waals surface area contributed by atoms with Crippen molar-refractivity contribution in [3.8, 4) is 11.3 Å². The van der Waals surface area contributed by atoms with Crippen molar-refractivity contribution in [3.05, 3.63) is 69.3 Å². The molecule has 3 rings (SSSR count). The quantitative estimate of drug-likeness (QED) is 0.780. The first-order chi connectivity index (χ1) is 10.5. The van der Waals surface area contributed by atoms with Crippen LogP contribution in [0.2, 0.25) is 5.02 Å². The fraction of sp³-hybridized carbons (Fsp3) is 0.167. The van der Waals surface area contributed by atoms with Crippen LogP contribution >= 0.6 is 11.6 Å². The number of hydrogen-bond acceptors (Lipinski definition) is 2. The Morgan fingerprint density at radius 1 is 1.14 bits per heavy atom. The molecule has 4 heteroatoms. The highest BCUT2D eigenvalue weighted by Gasteiger charge is 2.19. The second kappa shape index (κ2) is 5.59. The largest absolute Gasteiger partial charge is 0.343 e. The lowest BCUT2D eigenvalue weighted by Crippen LogP contribution is -2.22. The first-order valence-electron chi connectivity index (χ1n) is 7.14. The molecule has 112 valence electrons. The number of pyridine rings is 1. The number of nitrogens with zero attached hydrogens (tertiary/aromatic N) is 1. The summed E-state index contributed by atoms with van der Waals surface area (Å²) in [5.74, 6) is 0. The van der Waals surface area contributed by atoms with Crippen LogP contribution in [0.4, 0.5) is 0 Å². The molecule has 1 aromatic heterocycles. The van der Waals surface area contributed by atoms with Crippen molar-refractivity contribution in [1.82, 2.24) is 4.57 Å². The number of halogens is 1. The van der Waals surface area contributed by atoms with E-state index in [0.717, 1.165) is 16.8 Å². The smallest absolute Gasteiger partial charge is 0.194 e. The van der Waals surface area contributed by atoms with Crippen LogP contribution in [-0.2, 0) is 7.05 Å². The Kier molecular flexibility index (Phi) is 3.77. The Labute approximate surface area is 133 Å². The molecule has 22 heavy (non-hydrogen) atoms.